The van der Waals surface area contributed by atoms with E-state index in [1.807, 2.05) is 0 Å². The van der Waals surface area contributed by atoms with Crippen molar-refractivity contribution in [2.75, 3.05) is 13.0 Å². The van der Waals surface area contributed by atoms with Crippen LogP contribution in [0.4, 0.5) is 5.69 Å². The first-order valence-electron chi connectivity index (χ1n) is 4.39. The van der Waals surface area contributed by atoms with Gasteiger partial charge in [0.1, 0.15) is 17.1 Å². The Labute approximate surface area is 97.5 Å². The third-order valence-corrected chi connectivity index (χ3v) is 2.11. The van der Waals surface area contributed by atoms with Crippen molar-refractivity contribution in [3.63, 3.8) is 0 Å². The number of carbonyl (C=O) groups is 1. The van der Waals surface area contributed by atoms with Crippen molar-refractivity contribution in [2.24, 2.45) is 10.7 Å². The van der Waals surface area contributed by atoms with Gasteiger partial charge in [-0.2, -0.15) is 0 Å². The van der Waals surface area contributed by atoms with E-state index in [4.69, 9.17) is 27.2 Å². The molecule has 0 saturated carbocycles. The van der Waals surface area contributed by atoms with Crippen LogP contribution in [0.25, 0.3) is 0 Å². The monoisotopic (exact) mass is 242 g/mol. The smallest absolute Gasteiger partial charge is 0.341 e. The number of nitrogens with zero attached hydrogens (tertiary/aromatic N) is 1. The number of methoxy groups -OCH3 is 1. The molecule has 0 bridgehead atoms. The zero-order valence-electron chi connectivity index (χ0n) is 8.61. The summed E-state index contributed by atoms with van der Waals surface area (Å²) < 4.78 is 4.94. The van der Waals surface area contributed by atoms with E-state index < -0.39 is 5.97 Å². The van der Waals surface area contributed by atoms with Gasteiger partial charge in [-0.15, -0.1) is 11.6 Å². The van der Waals surface area contributed by atoms with Gasteiger partial charge in [0.25, 0.3) is 0 Å². The van der Waals surface area contributed by atoms with Crippen molar-refractivity contribution < 1.29 is 14.6 Å². The number of alkyl halides is 1. The minimum atomic E-state index is -1.13. The Kier molecular flexibility index (Phi) is 4.13. The normalized spacial score (nSPS) is 11.2. The van der Waals surface area contributed by atoms with Crippen molar-refractivity contribution in [3.8, 4) is 5.75 Å². The zero-order chi connectivity index (χ0) is 12.1. The van der Waals surface area contributed by atoms with Gasteiger partial charge >= 0.3 is 5.97 Å². The molecular formula is C10H11ClN2O3. The van der Waals surface area contributed by atoms with E-state index in [-0.39, 0.29) is 28.7 Å². The molecule has 16 heavy (non-hydrogen) atoms. The summed E-state index contributed by atoms with van der Waals surface area (Å²) in [4.78, 5) is 15.0. The molecule has 0 aliphatic carbocycles. The van der Waals surface area contributed by atoms with E-state index in [0.717, 1.165) is 0 Å². The van der Waals surface area contributed by atoms with E-state index in [2.05, 4.69) is 4.99 Å². The lowest BCUT2D eigenvalue weighted by molar-refractivity contribution is 0.0694. The molecule has 5 nitrogen and oxygen atoms in total. The van der Waals surface area contributed by atoms with Gasteiger partial charge in [0.15, 0.2) is 0 Å². The highest BCUT2D eigenvalue weighted by Crippen LogP contribution is 2.28. The van der Waals surface area contributed by atoms with Gasteiger partial charge in [-0.05, 0) is 12.1 Å². The SMILES string of the molecule is COc1cccc(N=C(N)CCl)c1C(=O)O. The topological polar surface area (TPSA) is 84.9 Å². The summed E-state index contributed by atoms with van der Waals surface area (Å²) in [5.41, 5.74) is 5.65. The molecule has 1 aromatic carbocycles. The number of hydrogen-bond acceptors (Lipinski definition) is 3. The molecule has 0 amide bonds. The molecule has 0 unspecified atom stereocenters. The van der Waals surface area contributed by atoms with Gasteiger partial charge in [0, 0.05) is 0 Å². The Hall–Kier alpha value is -1.75. The van der Waals surface area contributed by atoms with Crippen molar-refractivity contribution in [2.45, 2.75) is 0 Å². The molecule has 1 rings (SSSR count). The number of carboxylic acid groups (broad SMARTS) is 1. The summed E-state index contributed by atoms with van der Waals surface area (Å²) in [6.07, 6.45) is 0. The molecule has 0 aromatic heterocycles. The highest BCUT2D eigenvalue weighted by Gasteiger charge is 2.15. The third-order valence-electron chi connectivity index (χ3n) is 1.84. The second-order valence-electron chi connectivity index (χ2n) is 2.90. The van der Waals surface area contributed by atoms with Crippen LogP contribution < -0.4 is 10.5 Å². The molecule has 0 aliphatic rings. The minimum absolute atomic E-state index is 0.0296. The van der Waals surface area contributed by atoms with Crippen LogP contribution in [0.3, 0.4) is 0 Å². The molecule has 0 heterocycles. The zero-order valence-corrected chi connectivity index (χ0v) is 9.36. The summed E-state index contributed by atoms with van der Waals surface area (Å²) in [7, 11) is 1.39. The van der Waals surface area contributed by atoms with Crippen LogP contribution in [0.1, 0.15) is 10.4 Å². The van der Waals surface area contributed by atoms with Crippen molar-refractivity contribution >= 4 is 29.1 Å². The van der Waals surface area contributed by atoms with Crippen LogP contribution >= 0.6 is 11.6 Å². The Morgan fingerprint density at radius 1 is 1.62 bits per heavy atom. The van der Waals surface area contributed by atoms with E-state index in [0.29, 0.717) is 0 Å². The first kappa shape index (κ1) is 12.3. The van der Waals surface area contributed by atoms with Gasteiger partial charge in [-0.3, -0.25) is 0 Å². The average molecular weight is 243 g/mol. The maximum Gasteiger partial charge on any atom is 0.341 e. The average Bonchev–Trinajstić information content (AvgIpc) is 2.28. The molecule has 86 valence electrons. The van der Waals surface area contributed by atoms with Crippen LogP contribution in [-0.2, 0) is 0 Å². The number of benzene rings is 1. The lowest BCUT2D eigenvalue weighted by Crippen LogP contribution is -2.13. The molecule has 0 saturated heterocycles. The standard InChI is InChI=1S/C10H11ClN2O3/c1-16-7-4-2-3-6(9(7)10(14)15)13-8(12)5-11/h2-4H,5H2,1H3,(H2,12,13)(H,14,15). The van der Waals surface area contributed by atoms with Gasteiger partial charge < -0.3 is 15.6 Å². The fourth-order valence-electron chi connectivity index (χ4n) is 1.18. The quantitative estimate of drug-likeness (QED) is 0.477. The number of amidine groups is 1. The molecule has 0 radical (unpaired) electrons. The van der Waals surface area contributed by atoms with Gasteiger partial charge in [0.05, 0.1) is 18.7 Å². The summed E-state index contributed by atoms with van der Waals surface area (Å²) in [6.45, 7) is 0. The Balaban J connectivity index is 3.33. The molecule has 3 N–H and O–H groups in total. The highest BCUT2D eigenvalue weighted by atomic mass is 35.5. The first-order valence-corrected chi connectivity index (χ1v) is 4.93. The van der Waals surface area contributed by atoms with Gasteiger partial charge in [-0.1, -0.05) is 6.07 Å². The van der Waals surface area contributed by atoms with Crippen LogP contribution in [0, 0.1) is 0 Å². The summed E-state index contributed by atoms with van der Waals surface area (Å²) in [5, 5.41) is 9.04. The lowest BCUT2D eigenvalue weighted by Gasteiger charge is -2.07. The van der Waals surface area contributed by atoms with Crippen LogP contribution in [0.5, 0.6) is 5.75 Å². The Morgan fingerprint density at radius 3 is 2.81 bits per heavy atom. The number of halogens is 1. The van der Waals surface area contributed by atoms with Crippen molar-refractivity contribution in [3.05, 3.63) is 23.8 Å². The number of aromatic carboxylic acids is 1. The van der Waals surface area contributed by atoms with Crippen LogP contribution in [0.2, 0.25) is 0 Å². The number of carboxylic acids is 1. The minimum Gasteiger partial charge on any atom is -0.496 e. The van der Waals surface area contributed by atoms with E-state index >= 15 is 0 Å². The number of aliphatic imine (C=N–C) groups is 1. The Morgan fingerprint density at radius 2 is 2.31 bits per heavy atom. The molecule has 0 aliphatic heterocycles. The van der Waals surface area contributed by atoms with Gasteiger partial charge in [0.2, 0.25) is 0 Å². The second kappa shape index (κ2) is 5.37. The van der Waals surface area contributed by atoms with E-state index in [1.165, 1.54) is 13.2 Å². The van der Waals surface area contributed by atoms with Crippen molar-refractivity contribution in [1.29, 1.82) is 0 Å². The first-order chi connectivity index (χ1) is 7.60. The number of rotatable bonds is 4. The largest absolute Gasteiger partial charge is 0.496 e. The summed E-state index contributed by atoms with van der Waals surface area (Å²) >= 11 is 5.47. The molecule has 0 fully saturated rings. The van der Waals surface area contributed by atoms with E-state index in [1.54, 1.807) is 12.1 Å². The van der Waals surface area contributed by atoms with Crippen LogP contribution in [-0.4, -0.2) is 29.9 Å². The maximum atomic E-state index is 11.0. The predicted octanol–water partition coefficient (Wildman–Crippen LogP) is 1.62. The van der Waals surface area contributed by atoms with Crippen LogP contribution in [0.15, 0.2) is 23.2 Å². The molecule has 0 atom stereocenters. The summed E-state index contributed by atoms with van der Waals surface area (Å²) in [5.74, 6) is -0.705. The molecule has 1 aromatic rings. The Bertz CT molecular complexity index is 432. The number of ether oxygens (including phenoxy) is 1. The summed E-state index contributed by atoms with van der Waals surface area (Å²) in [6, 6.07) is 4.70. The second-order valence-corrected chi connectivity index (χ2v) is 3.16. The third kappa shape index (κ3) is 2.64. The highest BCUT2D eigenvalue weighted by molar-refractivity contribution is 6.28. The number of hydrogen-bond donors (Lipinski definition) is 2. The predicted molar refractivity (Wildman–Crippen MR) is 62.0 cm³/mol. The molecular weight excluding hydrogens is 232 g/mol. The molecule has 0 spiro atoms. The number of nitrogens with two attached hydrogens (primary N) is 1. The van der Waals surface area contributed by atoms with Gasteiger partial charge in [-0.25, -0.2) is 9.79 Å². The van der Waals surface area contributed by atoms with Crippen molar-refractivity contribution in [1.82, 2.24) is 0 Å². The fourth-order valence-corrected chi connectivity index (χ4v) is 1.24. The molecule has 6 heteroatoms. The lowest BCUT2D eigenvalue weighted by atomic mass is 10.1. The van der Waals surface area contributed by atoms with E-state index in [9.17, 15) is 4.79 Å². The fraction of sp³-hybridized carbons (Fsp3) is 0.200. The maximum absolute atomic E-state index is 11.0.